The normalized spacial score (nSPS) is 23.3. The average molecular weight is 310 g/mol. The van der Waals surface area contributed by atoms with Gasteiger partial charge in [0.15, 0.2) is 5.78 Å². The summed E-state index contributed by atoms with van der Waals surface area (Å²) in [6.07, 6.45) is 0.807. The van der Waals surface area contributed by atoms with Crippen LogP contribution in [0.1, 0.15) is 36.5 Å². The maximum absolute atomic E-state index is 12.1. The second-order valence-electron chi connectivity index (χ2n) is 4.71. The zero-order valence-electron chi connectivity index (χ0n) is 10.7. The lowest BCUT2D eigenvalue weighted by Gasteiger charge is -2.16. The molecule has 0 aromatic heterocycles. The van der Waals surface area contributed by atoms with E-state index >= 15 is 0 Å². The number of carbonyl (C=O) groups is 2. The number of hydrogen-bond acceptors (Lipinski definition) is 2. The molecule has 1 aromatic rings. The number of benzene rings is 1. The van der Waals surface area contributed by atoms with E-state index in [9.17, 15) is 9.59 Å². The molecule has 1 saturated heterocycles. The monoisotopic (exact) mass is 309 g/mol. The number of halogens is 1. The number of ketones is 1. The second kappa shape index (κ2) is 4.84. The van der Waals surface area contributed by atoms with E-state index in [1.54, 1.807) is 6.92 Å². The van der Waals surface area contributed by atoms with Crippen LogP contribution in [0.25, 0.3) is 0 Å². The van der Waals surface area contributed by atoms with Crippen LogP contribution >= 0.6 is 15.9 Å². The van der Waals surface area contributed by atoms with Crippen LogP contribution in [0.2, 0.25) is 0 Å². The van der Waals surface area contributed by atoms with Gasteiger partial charge in [-0.25, -0.2) is 0 Å². The minimum Gasteiger partial charge on any atom is -0.346 e. The van der Waals surface area contributed by atoms with E-state index in [0.29, 0.717) is 0 Å². The highest BCUT2D eigenvalue weighted by atomic mass is 79.9. The number of carbonyl (C=O) groups excluding carboxylic acids is 2. The fourth-order valence-corrected chi connectivity index (χ4v) is 3.17. The quantitative estimate of drug-likeness (QED) is 0.853. The summed E-state index contributed by atoms with van der Waals surface area (Å²) in [7, 11) is 0. The molecule has 1 aliphatic heterocycles. The molecule has 0 spiro atoms. The molecule has 18 heavy (non-hydrogen) atoms. The highest BCUT2D eigenvalue weighted by Crippen LogP contribution is 2.32. The van der Waals surface area contributed by atoms with Crippen molar-refractivity contribution in [2.75, 3.05) is 0 Å². The number of aryl methyl sites for hydroxylation is 2. The van der Waals surface area contributed by atoms with Gasteiger partial charge in [-0.2, -0.15) is 0 Å². The van der Waals surface area contributed by atoms with E-state index in [2.05, 4.69) is 21.2 Å². The molecule has 1 aliphatic rings. The Bertz CT molecular complexity index is 525. The highest BCUT2D eigenvalue weighted by Gasteiger charge is 2.40. The summed E-state index contributed by atoms with van der Waals surface area (Å²) in [5.41, 5.74) is 2.93. The van der Waals surface area contributed by atoms with Crippen LogP contribution in [0.5, 0.6) is 0 Å². The number of amides is 1. The number of hydrogen-bond donors (Lipinski definition) is 1. The second-order valence-corrected chi connectivity index (χ2v) is 5.63. The van der Waals surface area contributed by atoms with E-state index in [1.807, 2.05) is 26.0 Å². The number of rotatable bonds is 2. The smallest absolute Gasteiger partial charge is 0.235 e. The molecule has 1 N–H and O–H groups in total. The molecule has 1 amide bonds. The van der Waals surface area contributed by atoms with Crippen LogP contribution in [0, 0.1) is 6.92 Å². The first-order chi connectivity index (χ1) is 8.45. The Morgan fingerprint density at radius 2 is 2.00 bits per heavy atom. The van der Waals surface area contributed by atoms with Gasteiger partial charge in [0, 0.05) is 4.47 Å². The van der Waals surface area contributed by atoms with Crippen molar-refractivity contribution in [3.05, 3.63) is 33.3 Å². The van der Waals surface area contributed by atoms with Gasteiger partial charge in [-0.05, 0) is 49.1 Å². The lowest BCUT2D eigenvalue weighted by Crippen LogP contribution is -2.25. The fraction of sp³-hybridized carbons (Fsp3) is 0.429. The summed E-state index contributed by atoms with van der Waals surface area (Å²) in [5, 5.41) is 2.71. The molecular formula is C14H16BrNO2. The van der Waals surface area contributed by atoms with Crippen LogP contribution < -0.4 is 5.32 Å². The minimum absolute atomic E-state index is 0.0277. The Morgan fingerprint density at radius 1 is 1.33 bits per heavy atom. The molecule has 3 nitrogen and oxygen atoms in total. The first-order valence-electron chi connectivity index (χ1n) is 6.08. The number of Topliss-reactive ketones (excluding diaryl/α,β-unsaturated/α-hetero) is 1. The molecule has 1 aromatic carbocycles. The Balaban J connectivity index is 2.57. The van der Waals surface area contributed by atoms with Gasteiger partial charge < -0.3 is 5.32 Å². The van der Waals surface area contributed by atoms with Crippen LogP contribution in [0.3, 0.4) is 0 Å². The maximum atomic E-state index is 12.1. The van der Waals surface area contributed by atoms with Crippen LogP contribution in [0.4, 0.5) is 0 Å². The van der Waals surface area contributed by atoms with Crippen LogP contribution in [0.15, 0.2) is 16.6 Å². The van der Waals surface area contributed by atoms with E-state index in [4.69, 9.17) is 0 Å². The van der Waals surface area contributed by atoms with E-state index < -0.39 is 5.92 Å². The summed E-state index contributed by atoms with van der Waals surface area (Å²) in [6.45, 7) is 5.72. The molecule has 4 heteroatoms. The Morgan fingerprint density at radius 3 is 2.50 bits per heavy atom. The van der Waals surface area contributed by atoms with E-state index in [-0.39, 0.29) is 17.7 Å². The zero-order chi connectivity index (χ0) is 13.4. The van der Waals surface area contributed by atoms with E-state index in [1.165, 1.54) is 0 Å². The van der Waals surface area contributed by atoms with Crippen molar-refractivity contribution in [1.82, 2.24) is 5.32 Å². The predicted octanol–water partition coefficient (Wildman–Crippen LogP) is 2.49. The van der Waals surface area contributed by atoms with Crippen molar-refractivity contribution in [1.29, 1.82) is 0 Å². The standard InChI is InChI=1S/C14H16BrNO2/c1-4-9-6-10(15)5-7(2)11(9)12-13(17)8(3)16-14(12)18/h5-6,8,12H,4H2,1-3H3,(H,16,18). The van der Waals surface area contributed by atoms with Gasteiger partial charge in [0.25, 0.3) is 0 Å². The molecule has 1 fully saturated rings. The van der Waals surface area contributed by atoms with Crippen molar-refractivity contribution in [2.24, 2.45) is 0 Å². The van der Waals surface area contributed by atoms with Crippen molar-refractivity contribution in [2.45, 2.75) is 39.2 Å². The fourth-order valence-electron chi connectivity index (χ4n) is 2.55. The molecule has 2 rings (SSSR count). The summed E-state index contributed by atoms with van der Waals surface area (Å²) >= 11 is 3.45. The maximum Gasteiger partial charge on any atom is 0.235 e. The van der Waals surface area contributed by atoms with Gasteiger partial charge >= 0.3 is 0 Å². The lowest BCUT2D eigenvalue weighted by atomic mass is 9.86. The lowest BCUT2D eigenvalue weighted by molar-refractivity contribution is -0.124. The van der Waals surface area contributed by atoms with Crippen molar-refractivity contribution < 1.29 is 9.59 Å². The Hall–Kier alpha value is -1.16. The van der Waals surface area contributed by atoms with E-state index in [0.717, 1.165) is 27.6 Å². The van der Waals surface area contributed by atoms with Gasteiger partial charge in [0.1, 0.15) is 5.92 Å². The van der Waals surface area contributed by atoms with Gasteiger partial charge in [0.2, 0.25) is 5.91 Å². The largest absolute Gasteiger partial charge is 0.346 e. The van der Waals surface area contributed by atoms with Crippen LogP contribution in [-0.4, -0.2) is 17.7 Å². The molecule has 0 bridgehead atoms. The Labute approximate surface area is 115 Å². The molecule has 0 radical (unpaired) electrons. The molecule has 1 heterocycles. The third-order valence-electron chi connectivity index (χ3n) is 3.44. The topological polar surface area (TPSA) is 46.2 Å². The SMILES string of the molecule is CCc1cc(Br)cc(C)c1C1C(=O)NC(C)C1=O. The summed E-state index contributed by atoms with van der Waals surface area (Å²) in [4.78, 5) is 24.1. The third-order valence-corrected chi connectivity index (χ3v) is 3.90. The predicted molar refractivity (Wildman–Crippen MR) is 73.6 cm³/mol. The van der Waals surface area contributed by atoms with Crippen molar-refractivity contribution in [3.8, 4) is 0 Å². The zero-order valence-corrected chi connectivity index (χ0v) is 12.3. The first-order valence-corrected chi connectivity index (χ1v) is 6.88. The third kappa shape index (κ3) is 2.09. The summed E-state index contributed by atoms with van der Waals surface area (Å²) in [5.74, 6) is -0.837. The van der Waals surface area contributed by atoms with Gasteiger partial charge in [-0.3, -0.25) is 9.59 Å². The van der Waals surface area contributed by atoms with Gasteiger partial charge in [-0.1, -0.05) is 22.9 Å². The van der Waals surface area contributed by atoms with Gasteiger partial charge in [0.05, 0.1) is 6.04 Å². The minimum atomic E-state index is -0.636. The molecule has 2 atom stereocenters. The molecule has 0 aliphatic carbocycles. The molecular weight excluding hydrogens is 294 g/mol. The summed E-state index contributed by atoms with van der Waals surface area (Å²) < 4.78 is 0.986. The van der Waals surface area contributed by atoms with Gasteiger partial charge in [-0.15, -0.1) is 0 Å². The van der Waals surface area contributed by atoms with Crippen molar-refractivity contribution in [3.63, 3.8) is 0 Å². The number of nitrogens with one attached hydrogen (secondary N) is 1. The average Bonchev–Trinajstić information content (AvgIpc) is 2.54. The molecule has 0 saturated carbocycles. The highest BCUT2D eigenvalue weighted by molar-refractivity contribution is 9.10. The van der Waals surface area contributed by atoms with Crippen molar-refractivity contribution >= 4 is 27.6 Å². The Kier molecular flexibility index (Phi) is 3.57. The molecule has 96 valence electrons. The van der Waals surface area contributed by atoms with Crippen LogP contribution in [-0.2, 0) is 16.0 Å². The summed E-state index contributed by atoms with van der Waals surface area (Å²) in [6, 6.07) is 3.57. The first kappa shape index (κ1) is 13.3. The molecule has 2 unspecified atom stereocenters.